The minimum absolute atomic E-state index is 0.290. The molecule has 0 bridgehead atoms. The molecule has 1 aromatic rings. The Hall–Kier alpha value is -0.570. The van der Waals surface area contributed by atoms with Crippen LogP contribution in [0.25, 0.3) is 0 Å². The van der Waals surface area contributed by atoms with Gasteiger partial charge in [-0.05, 0) is 55.8 Å². The Balaban J connectivity index is 2.06. The number of benzene rings is 1. The Bertz CT molecular complexity index is 417. The van der Waals surface area contributed by atoms with Gasteiger partial charge in [0.1, 0.15) is 0 Å². The minimum Gasteiger partial charge on any atom is -0.329 e. The van der Waals surface area contributed by atoms with Crippen LogP contribution in [-0.2, 0) is 0 Å². The Morgan fingerprint density at radius 1 is 1.25 bits per heavy atom. The molecule has 2 N–H and O–H groups in total. The van der Waals surface area contributed by atoms with E-state index in [1.54, 1.807) is 0 Å². The van der Waals surface area contributed by atoms with Crippen LogP contribution >= 0.6 is 11.6 Å². The van der Waals surface area contributed by atoms with Crippen LogP contribution in [-0.4, -0.2) is 24.5 Å². The summed E-state index contributed by atoms with van der Waals surface area (Å²) in [4.78, 5) is 2.47. The summed E-state index contributed by atoms with van der Waals surface area (Å²) < 4.78 is 0. The van der Waals surface area contributed by atoms with E-state index in [1.165, 1.54) is 31.2 Å². The Kier molecular flexibility index (Phi) is 5.11. The third-order valence-corrected chi connectivity index (χ3v) is 5.11. The zero-order valence-electron chi connectivity index (χ0n) is 12.9. The summed E-state index contributed by atoms with van der Waals surface area (Å²) in [5.74, 6) is 0. The van der Waals surface area contributed by atoms with Crippen molar-refractivity contribution in [2.45, 2.75) is 51.6 Å². The van der Waals surface area contributed by atoms with Crippen molar-refractivity contribution in [1.82, 2.24) is 4.90 Å². The van der Waals surface area contributed by atoms with Gasteiger partial charge in [0.2, 0.25) is 0 Å². The molecule has 1 aliphatic rings. The monoisotopic (exact) mass is 294 g/mol. The van der Waals surface area contributed by atoms with Crippen molar-refractivity contribution in [3.05, 3.63) is 34.9 Å². The van der Waals surface area contributed by atoms with Crippen LogP contribution in [0.2, 0.25) is 5.02 Å². The summed E-state index contributed by atoms with van der Waals surface area (Å²) in [5.41, 5.74) is 7.81. The zero-order valence-corrected chi connectivity index (χ0v) is 13.7. The van der Waals surface area contributed by atoms with Crippen LogP contribution in [0.3, 0.4) is 0 Å². The predicted octanol–water partition coefficient (Wildman–Crippen LogP) is 4.24. The Morgan fingerprint density at radius 3 is 2.30 bits per heavy atom. The van der Waals surface area contributed by atoms with Crippen molar-refractivity contribution in [2.24, 2.45) is 11.1 Å². The van der Waals surface area contributed by atoms with Crippen molar-refractivity contribution < 1.29 is 0 Å². The van der Waals surface area contributed by atoms with Gasteiger partial charge in [0, 0.05) is 23.7 Å². The van der Waals surface area contributed by atoms with E-state index in [4.69, 9.17) is 17.3 Å². The molecule has 20 heavy (non-hydrogen) atoms. The number of rotatable bonds is 4. The number of nitrogens with zero attached hydrogens (tertiary/aromatic N) is 1. The molecular formula is C17H27ClN2. The topological polar surface area (TPSA) is 29.3 Å². The smallest absolute Gasteiger partial charge is 0.0470 e. The van der Waals surface area contributed by atoms with Crippen molar-refractivity contribution in [1.29, 1.82) is 0 Å². The predicted molar refractivity (Wildman–Crippen MR) is 87.0 cm³/mol. The summed E-state index contributed by atoms with van der Waals surface area (Å²) in [7, 11) is 2.22. The minimum atomic E-state index is 0.290. The standard InChI is InChI=1S/C17H27ClN2/c1-17(2)10-8-15(9-11-17)20(3)16(12-19)13-4-6-14(18)7-5-13/h4-7,15-16H,8-12,19H2,1-3H3. The van der Waals surface area contributed by atoms with E-state index in [1.807, 2.05) is 12.1 Å². The highest BCUT2D eigenvalue weighted by Crippen LogP contribution is 2.38. The maximum absolute atomic E-state index is 6.03. The molecule has 0 aromatic heterocycles. The summed E-state index contributed by atoms with van der Waals surface area (Å²) >= 11 is 5.97. The molecule has 0 aliphatic heterocycles. The maximum Gasteiger partial charge on any atom is 0.0470 e. The van der Waals surface area contributed by atoms with Crippen LogP contribution in [0.4, 0.5) is 0 Å². The fourth-order valence-electron chi connectivity index (χ4n) is 3.27. The maximum atomic E-state index is 6.03. The van der Waals surface area contributed by atoms with E-state index in [2.05, 4.69) is 37.9 Å². The van der Waals surface area contributed by atoms with Crippen molar-refractivity contribution in [3.63, 3.8) is 0 Å². The third-order valence-electron chi connectivity index (χ3n) is 4.85. The van der Waals surface area contributed by atoms with Gasteiger partial charge < -0.3 is 5.73 Å². The van der Waals surface area contributed by atoms with E-state index in [9.17, 15) is 0 Å². The van der Waals surface area contributed by atoms with E-state index in [0.717, 1.165) is 5.02 Å². The van der Waals surface area contributed by atoms with Gasteiger partial charge in [0.05, 0.1) is 0 Å². The molecule has 0 radical (unpaired) electrons. The molecule has 112 valence electrons. The molecule has 1 atom stereocenters. The molecule has 0 saturated heterocycles. The van der Waals surface area contributed by atoms with Gasteiger partial charge in [0.15, 0.2) is 0 Å². The Labute approximate surface area is 128 Å². The molecule has 0 amide bonds. The van der Waals surface area contributed by atoms with Crippen molar-refractivity contribution in [2.75, 3.05) is 13.6 Å². The number of hydrogen-bond acceptors (Lipinski definition) is 2. The largest absolute Gasteiger partial charge is 0.329 e. The average Bonchev–Trinajstić information content (AvgIpc) is 2.41. The molecule has 2 rings (SSSR count). The third kappa shape index (κ3) is 3.75. The van der Waals surface area contributed by atoms with Crippen LogP contribution in [0.1, 0.15) is 51.1 Å². The number of nitrogens with two attached hydrogens (primary N) is 1. The summed E-state index contributed by atoms with van der Waals surface area (Å²) in [6.07, 6.45) is 5.15. The van der Waals surface area contributed by atoms with Crippen LogP contribution in [0.15, 0.2) is 24.3 Å². The fraction of sp³-hybridized carbons (Fsp3) is 0.647. The van der Waals surface area contributed by atoms with Gasteiger partial charge in [0.25, 0.3) is 0 Å². The first kappa shape index (κ1) is 15.8. The second-order valence-electron chi connectivity index (χ2n) is 6.86. The summed E-state index contributed by atoms with van der Waals surface area (Å²) in [6, 6.07) is 9.05. The average molecular weight is 295 g/mol. The summed E-state index contributed by atoms with van der Waals surface area (Å²) in [6.45, 7) is 5.41. The van der Waals surface area contributed by atoms with Crippen molar-refractivity contribution >= 4 is 11.6 Å². The first-order valence-electron chi connectivity index (χ1n) is 7.60. The summed E-state index contributed by atoms with van der Waals surface area (Å²) in [5, 5.41) is 0.784. The molecular weight excluding hydrogens is 268 g/mol. The normalized spacial score (nSPS) is 21.1. The molecule has 1 saturated carbocycles. The molecule has 0 spiro atoms. The van der Waals surface area contributed by atoms with E-state index in [-0.39, 0.29) is 0 Å². The fourth-order valence-corrected chi connectivity index (χ4v) is 3.39. The van der Waals surface area contributed by atoms with Crippen LogP contribution in [0.5, 0.6) is 0 Å². The first-order chi connectivity index (χ1) is 9.43. The lowest BCUT2D eigenvalue weighted by Crippen LogP contribution is -2.41. The highest BCUT2D eigenvalue weighted by atomic mass is 35.5. The van der Waals surface area contributed by atoms with Crippen LogP contribution in [0, 0.1) is 5.41 Å². The highest BCUT2D eigenvalue weighted by molar-refractivity contribution is 6.30. The number of likely N-dealkylation sites (N-methyl/N-ethyl adjacent to an activating group) is 1. The quantitative estimate of drug-likeness (QED) is 0.900. The molecule has 1 fully saturated rings. The second kappa shape index (κ2) is 6.46. The lowest BCUT2D eigenvalue weighted by molar-refractivity contribution is 0.0966. The lowest BCUT2D eigenvalue weighted by atomic mass is 9.75. The highest BCUT2D eigenvalue weighted by Gasteiger charge is 2.31. The van der Waals surface area contributed by atoms with Gasteiger partial charge >= 0.3 is 0 Å². The molecule has 2 nitrogen and oxygen atoms in total. The number of hydrogen-bond donors (Lipinski definition) is 1. The van der Waals surface area contributed by atoms with Crippen LogP contribution < -0.4 is 5.73 Å². The van der Waals surface area contributed by atoms with Gasteiger partial charge in [-0.3, -0.25) is 4.90 Å². The van der Waals surface area contributed by atoms with E-state index < -0.39 is 0 Å². The second-order valence-corrected chi connectivity index (χ2v) is 7.30. The zero-order chi connectivity index (χ0) is 14.8. The van der Waals surface area contributed by atoms with E-state index >= 15 is 0 Å². The first-order valence-corrected chi connectivity index (χ1v) is 7.98. The van der Waals surface area contributed by atoms with E-state index in [0.29, 0.717) is 24.0 Å². The van der Waals surface area contributed by atoms with Gasteiger partial charge in [-0.2, -0.15) is 0 Å². The van der Waals surface area contributed by atoms with Gasteiger partial charge in [-0.25, -0.2) is 0 Å². The molecule has 1 aromatic carbocycles. The lowest BCUT2D eigenvalue weighted by Gasteiger charge is -2.41. The Morgan fingerprint density at radius 2 is 1.80 bits per heavy atom. The molecule has 1 unspecified atom stereocenters. The van der Waals surface area contributed by atoms with Gasteiger partial charge in [-0.15, -0.1) is 0 Å². The van der Waals surface area contributed by atoms with Gasteiger partial charge in [-0.1, -0.05) is 37.6 Å². The molecule has 1 aliphatic carbocycles. The SMILES string of the molecule is CN(C1CCC(C)(C)CC1)C(CN)c1ccc(Cl)cc1. The molecule has 3 heteroatoms. The molecule has 0 heterocycles. The number of halogens is 1. The van der Waals surface area contributed by atoms with Crippen molar-refractivity contribution in [3.8, 4) is 0 Å².